The number of amides is 2. The fourth-order valence-corrected chi connectivity index (χ4v) is 10.9. The zero-order valence-electron chi connectivity index (χ0n) is 48.3. The van der Waals surface area contributed by atoms with Crippen LogP contribution in [-0.4, -0.2) is 118 Å². The van der Waals surface area contributed by atoms with Crippen molar-refractivity contribution < 1.29 is 30.0 Å². The molecule has 10 nitrogen and oxygen atoms in total. The number of carbonyl (C=O) groups excluding carboxylic acids is 2. The van der Waals surface area contributed by atoms with E-state index in [1.54, 1.807) is 0 Å². The quantitative estimate of drug-likeness (QED) is 0.0330. The highest BCUT2D eigenvalue weighted by molar-refractivity contribution is 5.96. The van der Waals surface area contributed by atoms with Gasteiger partial charge >= 0.3 is 0 Å². The van der Waals surface area contributed by atoms with Gasteiger partial charge in [0.1, 0.15) is 12.1 Å². The Morgan fingerprint density at radius 1 is 0.319 bits per heavy atom. The molecule has 1 fully saturated rings. The molecule has 0 saturated carbocycles. The molecule has 0 aliphatic carbocycles. The molecule has 6 atom stereocenters. The van der Waals surface area contributed by atoms with E-state index >= 15 is 0 Å². The van der Waals surface area contributed by atoms with Gasteiger partial charge in [0, 0.05) is 26.2 Å². The van der Waals surface area contributed by atoms with Gasteiger partial charge in [0.05, 0.1) is 24.4 Å². The van der Waals surface area contributed by atoms with E-state index in [-0.39, 0.29) is 11.8 Å². The van der Waals surface area contributed by atoms with Gasteiger partial charge in [0.25, 0.3) is 0 Å². The topological polar surface area (TPSA) is 146 Å². The molecule has 10 heteroatoms. The summed E-state index contributed by atoms with van der Waals surface area (Å²) in [6.45, 7) is 12.8. The molecule has 1 aliphatic heterocycles. The summed E-state index contributed by atoms with van der Waals surface area (Å²) in [4.78, 5) is 31.1. The van der Waals surface area contributed by atoms with E-state index in [2.05, 4.69) is 48.1 Å². The summed E-state index contributed by atoms with van der Waals surface area (Å²) in [5, 5.41) is 50.4. The van der Waals surface area contributed by atoms with Crippen LogP contribution in [0.1, 0.15) is 310 Å². The lowest BCUT2D eigenvalue weighted by Crippen LogP contribution is -2.61. The second-order valence-electron chi connectivity index (χ2n) is 23.0. The normalized spacial score (nSPS) is 16.9. The number of aliphatic hydroxyl groups excluding tert-OH is 4. The summed E-state index contributed by atoms with van der Waals surface area (Å²) >= 11 is 0. The van der Waals surface area contributed by atoms with Crippen molar-refractivity contribution in [2.45, 2.75) is 347 Å². The number of nitrogens with one attached hydrogen (secondary N) is 2. The number of nitrogens with zero attached hydrogens (tertiary/aromatic N) is 2. The van der Waals surface area contributed by atoms with E-state index in [0.717, 1.165) is 116 Å². The van der Waals surface area contributed by atoms with Crippen molar-refractivity contribution in [1.29, 1.82) is 0 Å². The molecule has 0 aromatic rings. The summed E-state index contributed by atoms with van der Waals surface area (Å²) in [5.41, 5.74) is 0. The Kier molecular flexibility index (Phi) is 48.2. The zero-order chi connectivity index (χ0) is 52.5. The van der Waals surface area contributed by atoms with Crippen LogP contribution in [0.25, 0.3) is 0 Å². The smallest absolute Gasteiger partial charge is 0.243 e. The molecule has 1 heterocycles. The minimum atomic E-state index is -0.544. The molecule has 2 amide bonds. The maximum absolute atomic E-state index is 13.3. The standard InChI is InChI=1S/C62H124N4O6/c1-5-9-13-17-21-25-26-30-34-38-46-58(70)54-66(53-57(69)45-37-33-29-24-20-16-12-8-4)50-42-40-48-60-62(72)63-59(61(71)64-60)47-39-41-49-65(51-55(67)43-35-31-27-22-18-14-10-6-2)52-56(68)44-36-32-28-23-19-15-11-7-3/h55-60,67-70H,5-54H2,1-4H3,(H,63,72)(H,64,71). The van der Waals surface area contributed by atoms with Gasteiger partial charge in [0.15, 0.2) is 0 Å². The van der Waals surface area contributed by atoms with Crippen LogP contribution in [-0.2, 0) is 9.59 Å². The van der Waals surface area contributed by atoms with Crippen LogP contribution in [0.3, 0.4) is 0 Å². The van der Waals surface area contributed by atoms with Crippen LogP contribution in [0.15, 0.2) is 0 Å². The Hall–Kier alpha value is -1.30. The highest BCUT2D eigenvalue weighted by Gasteiger charge is 2.33. The van der Waals surface area contributed by atoms with Gasteiger partial charge < -0.3 is 31.1 Å². The largest absolute Gasteiger partial charge is 0.392 e. The van der Waals surface area contributed by atoms with E-state index in [9.17, 15) is 30.0 Å². The van der Waals surface area contributed by atoms with Gasteiger partial charge in [-0.25, -0.2) is 0 Å². The molecule has 1 saturated heterocycles. The van der Waals surface area contributed by atoms with Gasteiger partial charge in [-0.3, -0.25) is 19.4 Å². The summed E-state index contributed by atoms with van der Waals surface area (Å²) in [5.74, 6) is -0.224. The number of aliphatic hydroxyl groups is 4. The lowest BCUT2D eigenvalue weighted by Gasteiger charge is -2.31. The Labute approximate surface area is 446 Å². The van der Waals surface area contributed by atoms with E-state index in [4.69, 9.17) is 0 Å². The van der Waals surface area contributed by atoms with Gasteiger partial charge in [0.2, 0.25) is 11.8 Å². The van der Waals surface area contributed by atoms with Gasteiger partial charge in [-0.1, -0.05) is 246 Å². The van der Waals surface area contributed by atoms with Crippen molar-refractivity contribution in [2.24, 2.45) is 0 Å². The number of hydrogen-bond donors (Lipinski definition) is 6. The first kappa shape index (κ1) is 68.7. The molecule has 0 spiro atoms. The van der Waals surface area contributed by atoms with Crippen LogP contribution in [0, 0.1) is 0 Å². The second kappa shape index (κ2) is 50.5. The van der Waals surface area contributed by atoms with Crippen molar-refractivity contribution in [1.82, 2.24) is 20.4 Å². The highest BCUT2D eigenvalue weighted by Crippen LogP contribution is 2.18. The number of hydrogen-bond acceptors (Lipinski definition) is 8. The van der Waals surface area contributed by atoms with Crippen LogP contribution in [0.4, 0.5) is 0 Å². The predicted molar refractivity (Wildman–Crippen MR) is 307 cm³/mol. The highest BCUT2D eigenvalue weighted by atomic mass is 16.3. The minimum absolute atomic E-state index is 0.112. The average Bonchev–Trinajstić information content (AvgIpc) is 3.35. The molecular formula is C62H124N4O6. The Morgan fingerprint density at radius 2 is 0.528 bits per heavy atom. The molecule has 0 bridgehead atoms. The fourth-order valence-electron chi connectivity index (χ4n) is 10.9. The van der Waals surface area contributed by atoms with Crippen LogP contribution in [0.5, 0.6) is 0 Å². The first-order valence-electron chi connectivity index (χ1n) is 31.9. The lowest BCUT2D eigenvalue weighted by molar-refractivity contribution is -0.137. The lowest BCUT2D eigenvalue weighted by atomic mass is 10.0. The van der Waals surface area contributed by atoms with Crippen molar-refractivity contribution in [3.63, 3.8) is 0 Å². The molecular weight excluding hydrogens is 897 g/mol. The van der Waals surface area contributed by atoms with Crippen molar-refractivity contribution in [3.05, 3.63) is 0 Å². The Balaban J connectivity index is 2.60. The molecule has 6 N–H and O–H groups in total. The first-order valence-corrected chi connectivity index (χ1v) is 31.9. The van der Waals surface area contributed by atoms with Gasteiger partial charge in [-0.15, -0.1) is 0 Å². The summed E-state index contributed by atoms with van der Waals surface area (Å²) in [6, 6.07) is -1.09. The maximum atomic E-state index is 13.3. The molecule has 6 unspecified atom stereocenters. The number of unbranched alkanes of at least 4 members (excludes halogenated alkanes) is 32. The molecule has 428 valence electrons. The molecule has 0 aromatic heterocycles. The van der Waals surface area contributed by atoms with Crippen LogP contribution >= 0.6 is 0 Å². The summed E-state index contributed by atoms with van der Waals surface area (Å²) in [6.07, 6.45) is 48.4. The third-order valence-corrected chi connectivity index (χ3v) is 15.6. The Morgan fingerprint density at radius 3 is 0.750 bits per heavy atom. The second-order valence-corrected chi connectivity index (χ2v) is 23.0. The molecule has 1 aliphatic rings. The molecule has 0 aromatic carbocycles. The van der Waals surface area contributed by atoms with E-state index < -0.39 is 36.5 Å². The third kappa shape index (κ3) is 41.9. The van der Waals surface area contributed by atoms with Crippen LogP contribution < -0.4 is 10.6 Å². The molecule has 1 rings (SSSR count). The number of rotatable bonds is 56. The fraction of sp³-hybridized carbons (Fsp3) is 0.968. The number of piperazine rings is 1. The number of carbonyl (C=O) groups is 2. The van der Waals surface area contributed by atoms with Crippen molar-refractivity contribution in [3.8, 4) is 0 Å². The third-order valence-electron chi connectivity index (χ3n) is 15.6. The van der Waals surface area contributed by atoms with E-state index in [1.807, 2.05) is 0 Å². The minimum Gasteiger partial charge on any atom is -0.392 e. The van der Waals surface area contributed by atoms with Crippen LogP contribution in [0.2, 0.25) is 0 Å². The Bertz CT molecular complexity index is 1150. The van der Waals surface area contributed by atoms with Gasteiger partial charge in [-0.2, -0.15) is 0 Å². The summed E-state index contributed by atoms with van der Waals surface area (Å²) in [7, 11) is 0. The monoisotopic (exact) mass is 1020 g/mol. The average molecular weight is 1020 g/mol. The molecule has 0 radical (unpaired) electrons. The first-order chi connectivity index (χ1) is 35.1. The summed E-state index contributed by atoms with van der Waals surface area (Å²) < 4.78 is 0. The SMILES string of the molecule is CCCCCCCCCCCCC(O)CN(CCCCC1NC(=O)C(CCCCN(CC(O)CCCCCCCCCC)CC(O)CCCCCCCCCC)NC1=O)CC(O)CCCCCCCCCC. The predicted octanol–water partition coefficient (Wildman–Crippen LogP) is 14.3. The zero-order valence-corrected chi connectivity index (χ0v) is 48.3. The van der Waals surface area contributed by atoms with Crippen molar-refractivity contribution >= 4 is 11.8 Å². The maximum Gasteiger partial charge on any atom is 0.243 e. The van der Waals surface area contributed by atoms with E-state index in [1.165, 1.54) is 167 Å². The van der Waals surface area contributed by atoms with E-state index in [0.29, 0.717) is 39.0 Å². The van der Waals surface area contributed by atoms with Crippen molar-refractivity contribution in [2.75, 3.05) is 39.3 Å². The molecule has 72 heavy (non-hydrogen) atoms. The van der Waals surface area contributed by atoms with Gasteiger partial charge in [-0.05, 0) is 77.3 Å².